The first-order valence-electron chi connectivity index (χ1n) is 5.14. The van der Waals surface area contributed by atoms with Gasteiger partial charge in [0.05, 0.1) is 0 Å². The lowest BCUT2D eigenvalue weighted by atomic mass is 10.2. The van der Waals surface area contributed by atoms with Gasteiger partial charge in [-0.2, -0.15) is 0 Å². The highest BCUT2D eigenvalue weighted by molar-refractivity contribution is 5.73. The second-order valence-electron chi connectivity index (χ2n) is 3.69. The van der Waals surface area contributed by atoms with Crippen LogP contribution in [-0.2, 0) is 9.53 Å². The summed E-state index contributed by atoms with van der Waals surface area (Å²) in [6.07, 6.45) is 2.37. The van der Waals surface area contributed by atoms with Crippen LogP contribution in [0.1, 0.15) is 26.2 Å². The van der Waals surface area contributed by atoms with Gasteiger partial charge in [-0.25, -0.2) is 0 Å². The van der Waals surface area contributed by atoms with Crippen molar-refractivity contribution in [1.29, 1.82) is 0 Å². The van der Waals surface area contributed by atoms with E-state index in [1.165, 1.54) is 0 Å². The molecule has 0 saturated heterocycles. The molecule has 0 heterocycles. The summed E-state index contributed by atoms with van der Waals surface area (Å²) in [5.41, 5.74) is 5.02. The Labute approximate surface area is 86.2 Å². The zero-order valence-electron chi connectivity index (χ0n) is 9.21. The SMILES string of the molecule is COCC(C)CNCCCCC(N)=O. The summed E-state index contributed by atoms with van der Waals surface area (Å²) in [4.78, 5) is 10.4. The van der Waals surface area contributed by atoms with Crippen LogP contribution in [0.5, 0.6) is 0 Å². The van der Waals surface area contributed by atoms with E-state index in [-0.39, 0.29) is 5.91 Å². The number of methoxy groups -OCH3 is 1. The predicted molar refractivity (Wildman–Crippen MR) is 57.0 cm³/mol. The highest BCUT2D eigenvalue weighted by Crippen LogP contribution is 1.95. The molecular formula is C10H22N2O2. The Morgan fingerprint density at radius 1 is 1.50 bits per heavy atom. The summed E-state index contributed by atoms with van der Waals surface area (Å²) < 4.78 is 5.01. The molecule has 0 aromatic heterocycles. The Kier molecular flexibility index (Phi) is 8.57. The van der Waals surface area contributed by atoms with E-state index in [1.54, 1.807) is 7.11 Å². The minimum Gasteiger partial charge on any atom is -0.384 e. The molecular weight excluding hydrogens is 180 g/mol. The fourth-order valence-electron chi connectivity index (χ4n) is 1.24. The van der Waals surface area contributed by atoms with Crippen LogP contribution < -0.4 is 11.1 Å². The van der Waals surface area contributed by atoms with Crippen LogP contribution in [0.3, 0.4) is 0 Å². The van der Waals surface area contributed by atoms with E-state index in [0.29, 0.717) is 12.3 Å². The van der Waals surface area contributed by atoms with E-state index in [9.17, 15) is 4.79 Å². The van der Waals surface area contributed by atoms with Crippen molar-refractivity contribution in [2.45, 2.75) is 26.2 Å². The molecule has 14 heavy (non-hydrogen) atoms. The van der Waals surface area contributed by atoms with Gasteiger partial charge in [-0.1, -0.05) is 6.92 Å². The first kappa shape index (κ1) is 13.4. The average molecular weight is 202 g/mol. The van der Waals surface area contributed by atoms with Gasteiger partial charge in [0, 0.05) is 20.1 Å². The molecule has 1 atom stereocenters. The minimum absolute atomic E-state index is 0.210. The molecule has 0 rings (SSSR count). The summed E-state index contributed by atoms with van der Waals surface area (Å²) >= 11 is 0. The standard InChI is InChI=1S/C10H22N2O2/c1-9(8-14-2)7-12-6-4-3-5-10(11)13/h9,12H,3-8H2,1-2H3,(H2,11,13). The average Bonchev–Trinajstić information content (AvgIpc) is 2.11. The lowest BCUT2D eigenvalue weighted by molar-refractivity contribution is -0.118. The molecule has 4 heteroatoms. The fourth-order valence-corrected chi connectivity index (χ4v) is 1.24. The first-order valence-corrected chi connectivity index (χ1v) is 5.14. The van der Waals surface area contributed by atoms with Crippen molar-refractivity contribution in [3.05, 3.63) is 0 Å². The summed E-state index contributed by atoms with van der Waals surface area (Å²) in [6, 6.07) is 0. The van der Waals surface area contributed by atoms with Crippen molar-refractivity contribution in [3.63, 3.8) is 0 Å². The number of amides is 1. The molecule has 0 spiro atoms. The zero-order chi connectivity index (χ0) is 10.8. The maximum Gasteiger partial charge on any atom is 0.217 e. The summed E-state index contributed by atoms with van der Waals surface area (Å²) in [5, 5.41) is 3.31. The largest absolute Gasteiger partial charge is 0.384 e. The van der Waals surface area contributed by atoms with Crippen molar-refractivity contribution >= 4 is 5.91 Å². The lowest BCUT2D eigenvalue weighted by Crippen LogP contribution is -2.24. The molecule has 0 aliphatic carbocycles. The topological polar surface area (TPSA) is 64.3 Å². The molecule has 1 unspecified atom stereocenters. The summed E-state index contributed by atoms with van der Waals surface area (Å²) in [7, 11) is 1.71. The van der Waals surface area contributed by atoms with Crippen LogP contribution in [-0.4, -0.2) is 32.7 Å². The minimum atomic E-state index is -0.210. The lowest BCUT2D eigenvalue weighted by Gasteiger charge is -2.10. The normalized spacial score (nSPS) is 12.7. The number of nitrogens with one attached hydrogen (secondary N) is 1. The quantitative estimate of drug-likeness (QED) is 0.536. The van der Waals surface area contributed by atoms with Gasteiger partial charge in [-0.05, 0) is 31.8 Å². The second-order valence-corrected chi connectivity index (χ2v) is 3.69. The number of carbonyl (C=O) groups is 1. The van der Waals surface area contributed by atoms with Crippen LogP contribution in [0.4, 0.5) is 0 Å². The molecule has 0 aromatic carbocycles. The number of carbonyl (C=O) groups excluding carboxylic acids is 1. The summed E-state index contributed by atoms with van der Waals surface area (Å²) in [5.74, 6) is 0.328. The number of nitrogens with two attached hydrogens (primary N) is 1. The number of hydrogen-bond donors (Lipinski definition) is 2. The predicted octanol–water partition coefficient (Wildman–Crippen LogP) is 0.514. The molecule has 0 aromatic rings. The van der Waals surface area contributed by atoms with E-state index in [2.05, 4.69) is 12.2 Å². The molecule has 3 N–H and O–H groups in total. The molecule has 0 bridgehead atoms. The van der Waals surface area contributed by atoms with Gasteiger partial charge in [0.15, 0.2) is 0 Å². The molecule has 84 valence electrons. The third-order valence-electron chi connectivity index (χ3n) is 1.97. The van der Waals surface area contributed by atoms with Gasteiger partial charge < -0.3 is 15.8 Å². The molecule has 0 radical (unpaired) electrons. The smallest absolute Gasteiger partial charge is 0.217 e. The molecule has 4 nitrogen and oxygen atoms in total. The van der Waals surface area contributed by atoms with Gasteiger partial charge >= 0.3 is 0 Å². The van der Waals surface area contributed by atoms with Gasteiger partial charge in [-0.15, -0.1) is 0 Å². The van der Waals surface area contributed by atoms with Crippen LogP contribution in [0.15, 0.2) is 0 Å². The van der Waals surface area contributed by atoms with Gasteiger partial charge in [-0.3, -0.25) is 4.79 Å². The van der Waals surface area contributed by atoms with E-state index in [4.69, 9.17) is 10.5 Å². The third-order valence-corrected chi connectivity index (χ3v) is 1.97. The number of rotatable bonds is 9. The highest BCUT2D eigenvalue weighted by atomic mass is 16.5. The Hall–Kier alpha value is -0.610. The van der Waals surface area contributed by atoms with Crippen molar-refractivity contribution < 1.29 is 9.53 Å². The van der Waals surface area contributed by atoms with E-state index >= 15 is 0 Å². The van der Waals surface area contributed by atoms with Crippen molar-refractivity contribution in [3.8, 4) is 0 Å². The second kappa shape index (κ2) is 8.97. The number of hydrogen-bond acceptors (Lipinski definition) is 3. The maximum absolute atomic E-state index is 10.4. The third kappa shape index (κ3) is 9.48. The van der Waals surface area contributed by atoms with E-state index in [1.807, 2.05) is 0 Å². The molecule has 0 aliphatic heterocycles. The Morgan fingerprint density at radius 2 is 2.21 bits per heavy atom. The van der Waals surface area contributed by atoms with Gasteiger partial charge in [0.2, 0.25) is 5.91 Å². The highest BCUT2D eigenvalue weighted by Gasteiger charge is 1.99. The van der Waals surface area contributed by atoms with Crippen LogP contribution >= 0.6 is 0 Å². The summed E-state index contributed by atoms with van der Waals surface area (Å²) in [6.45, 7) is 4.83. The molecule has 0 aliphatic rings. The van der Waals surface area contributed by atoms with E-state index < -0.39 is 0 Å². The van der Waals surface area contributed by atoms with Crippen molar-refractivity contribution in [2.75, 3.05) is 26.8 Å². The maximum atomic E-state index is 10.4. The number of ether oxygens (including phenoxy) is 1. The first-order chi connectivity index (χ1) is 6.66. The molecule has 0 fully saturated rings. The zero-order valence-corrected chi connectivity index (χ0v) is 9.21. The number of primary amides is 1. The number of unbranched alkanes of at least 4 members (excludes halogenated alkanes) is 1. The Balaban J connectivity index is 3.09. The molecule has 0 saturated carbocycles. The van der Waals surface area contributed by atoms with Gasteiger partial charge in [0.25, 0.3) is 0 Å². The monoisotopic (exact) mass is 202 g/mol. The fraction of sp³-hybridized carbons (Fsp3) is 0.900. The Bertz CT molecular complexity index is 151. The van der Waals surface area contributed by atoms with Gasteiger partial charge in [0.1, 0.15) is 0 Å². The molecule has 1 amide bonds. The Morgan fingerprint density at radius 3 is 2.79 bits per heavy atom. The van der Waals surface area contributed by atoms with Crippen LogP contribution in [0.2, 0.25) is 0 Å². The van der Waals surface area contributed by atoms with Crippen molar-refractivity contribution in [1.82, 2.24) is 5.32 Å². The van der Waals surface area contributed by atoms with E-state index in [0.717, 1.165) is 32.5 Å². The van der Waals surface area contributed by atoms with Crippen molar-refractivity contribution in [2.24, 2.45) is 11.7 Å². The van der Waals surface area contributed by atoms with Crippen LogP contribution in [0.25, 0.3) is 0 Å². The van der Waals surface area contributed by atoms with Crippen LogP contribution in [0, 0.1) is 5.92 Å².